The third kappa shape index (κ3) is 127. The zero-order chi connectivity index (χ0) is 106. The monoisotopic (exact) mass is 2170 g/mol. The van der Waals surface area contributed by atoms with E-state index in [4.69, 9.17) is 58.3 Å². The Bertz CT molecular complexity index is 2390. The molecule has 0 radical (unpaired) electrons. The van der Waals surface area contributed by atoms with Gasteiger partial charge in [0.2, 0.25) is 6.93 Å². The van der Waals surface area contributed by atoms with Crippen LogP contribution in [-0.2, 0) is 46.8 Å². The van der Waals surface area contributed by atoms with Gasteiger partial charge in [0.1, 0.15) is 6.80 Å². The Hall–Kier alpha value is -0.504. The van der Waals surface area contributed by atoms with Gasteiger partial charge in [0.05, 0.1) is 33.0 Å². The first-order valence-corrected chi connectivity index (χ1v) is 74.6. The predicted molar refractivity (Wildman–Crippen MR) is 500 cm³/mol. The quantitative estimate of drug-likeness (QED) is 0.0196. The van der Waals surface area contributed by atoms with Crippen LogP contribution in [0.1, 0.15) is 147 Å². The lowest BCUT2D eigenvalue weighted by Crippen LogP contribution is -2.56. The highest BCUT2D eigenvalue weighted by molar-refractivity contribution is 6.90. The van der Waals surface area contributed by atoms with E-state index in [-0.39, 0.29) is 44.8 Å². The third-order valence-corrected chi connectivity index (χ3v) is 58.9. The van der Waals surface area contributed by atoms with Gasteiger partial charge in [-0.05, 0) is 298 Å². The van der Waals surface area contributed by atoms with E-state index >= 15 is 0 Å². The molecule has 0 aromatic heterocycles. The summed E-state index contributed by atoms with van der Waals surface area (Å²) in [5.41, 5.74) is 11.1. The van der Waals surface area contributed by atoms with Crippen molar-refractivity contribution in [1.29, 1.82) is 0 Å². The normalized spacial score (nSPS) is 13.5. The highest BCUT2D eigenvalue weighted by Crippen LogP contribution is 2.39. The fourth-order valence-corrected chi connectivity index (χ4v) is 63.2. The van der Waals surface area contributed by atoms with Gasteiger partial charge in [-0.3, -0.25) is 22.9 Å². The molecule has 0 bridgehead atoms. The Balaban J connectivity index is -0.000000135. The minimum atomic E-state index is -4.62. The Morgan fingerprint density at radius 3 is 0.664 bits per heavy atom. The lowest BCUT2D eigenvalue weighted by Gasteiger charge is -2.42. The zero-order valence-electron chi connectivity index (χ0n) is 83.3. The van der Waals surface area contributed by atoms with Crippen LogP contribution in [0.3, 0.4) is 0 Å². The molecule has 0 aromatic carbocycles. The van der Waals surface area contributed by atoms with Crippen LogP contribution in [-0.4, -0.2) is 256 Å². The Labute approximate surface area is 779 Å². The molecule has 0 fully saturated rings. The molecule has 0 amide bonds. The molecule has 0 aliphatic carbocycles. The van der Waals surface area contributed by atoms with Crippen LogP contribution in [0.4, 0.5) is 127 Å². The van der Waals surface area contributed by atoms with Crippen LogP contribution >= 0.6 is 0 Å². The van der Waals surface area contributed by atoms with Crippen molar-refractivity contribution in [3.8, 4) is 0 Å². The fraction of sp³-hybridized carbons (Fsp3) is 0.974. The average Bonchev–Trinajstić information content (AvgIpc) is 0.819. The summed E-state index contributed by atoms with van der Waals surface area (Å²) in [6.45, 7) is 48.6. The Kier molecular flexibility index (Phi) is 103. The molecule has 0 rings (SSSR count). The highest BCUT2D eigenvalue weighted by atomic mass is 28.5. The number of hydrogen-bond acceptors (Lipinski definition) is 15. The number of rotatable bonds is 54. The van der Waals surface area contributed by atoms with E-state index in [0.717, 1.165) is 81.5 Å². The predicted octanol–water partition coefficient (Wildman–Crippen LogP) is 29.6. The second kappa shape index (κ2) is 86.2. The molecular formula is C76H171F29N4O11Si11. The number of nitrogens with two attached hydrogens (primary N) is 2. The molecule has 15 nitrogen and oxygen atoms in total. The van der Waals surface area contributed by atoms with E-state index in [9.17, 15) is 127 Å². The highest BCUT2D eigenvalue weighted by Gasteiger charge is 2.51. The summed E-state index contributed by atoms with van der Waals surface area (Å²) in [5.74, 6) is 0. The smallest absolute Gasteiger partial charge is 0.436 e. The minimum absolute atomic E-state index is 0.0470. The topological polar surface area (TPSA) is 178 Å². The van der Waals surface area contributed by atoms with Crippen molar-refractivity contribution < 1.29 is 174 Å². The first-order valence-electron chi connectivity index (χ1n) is 43.9. The van der Waals surface area contributed by atoms with Crippen molar-refractivity contribution in [2.24, 2.45) is 11.5 Å². The van der Waals surface area contributed by atoms with E-state index < -0.39 is 183 Å². The second-order valence-corrected chi connectivity index (χ2v) is 76.3. The Morgan fingerprint density at radius 1 is 0.282 bits per heavy atom. The molecule has 0 saturated carbocycles. The number of hydrogen-bond donors (Lipinski definition) is 4. The van der Waals surface area contributed by atoms with Gasteiger partial charge in [-0.1, -0.05) is 33.8 Å². The number of allylic oxidation sites excluding steroid dienone is 1. The molecule has 2 unspecified atom stereocenters. The van der Waals surface area contributed by atoms with E-state index in [1.807, 2.05) is 100 Å². The van der Waals surface area contributed by atoms with E-state index in [0.29, 0.717) is 90.3 Å². The van der Waals surface area contributed by atoms with Crippen LogP contribution < -0.4 is 22.1 Å². The van der Waals surface area contributed by atoms with Crippen molar-refractivity contribution >= 4 is 93.0 Å². The van der Waals surface area contributed by atoms with Crippen molar-refractivity contribution in [3.63, 3.8) is 0 Å². The molecular weight excluding hydrogens is 2000 g/mol. The largest absolute Gasteiger partial charge is 0.500 e. The van der Waals surface area contributed by atoms with Crippen LogP contribution in [0.25, 0.3) is 0 Å². The summed E-state index contributed by atoms with van der Waals surface area (Å²) in [6.07, 6.45) is -20.9. The van der Waals surface area contributed by atoms with Gasteiger partial charge >= 0.3 is 80.1 Å². The van der Waals surface area contributed by atoms with Gasteiger partial charge in [0.25, 0.3) is 0 Å². The van der Waals surface area contributed by atoms with Crippen LogP contribution in [0.5, 0.6) is 0 Å². The van der Waals surface area contributed by atoms with Gasteiger partial charge in [0.15, 0.2) is 69.9 Å². The summed E-state index contributed by atoms with van der Waals surface area (Å²) in [6, 6.07) is 5.80. The van der Waals surface area contributed by atoms with Crippen molar-refractivity contribution in [1.82, 2.24) is 10.6 Å². The summed E-state index contributed by atoms with van der Waals surface area (Å²) in [5, 5.41) is 6.00. The van der Waals surface area contributed by atoms with Crippen LogP contribution in [0.2, 0.25) is 171 Å². The molecule has 0 saturated heterocycles. The van der Waals surface area contributed by atoms with Gasteiger partial charge in [-0.25, -0.2) is 30.7 Å². The molecule has 0 heterocycles. The van der Waals surface area contributed by atoms with Gasteiger partial charge in [-0.2, -0.15) is 79.0 Å². The molecule has 6 N–H and O–H groups in total. The summed E-state index contributed by atoms with van der Waals surface area (Å²) < 4.78 is 395. The molecule has 0 spiro atoms. The summed E-state index contributed by atoms with van der Waals surface area (Å²) >= 11 is 0. The van der Waals surface area contributed by atoms with Crippen molar-refractivity contribution in [2.45, 2.75) is 355 Å². The van der Waals surface area contributed by atoms with Gasteiger partial charge in [-0.15, -0.1) is 0 Å². The van der Waals surface area contributed by atoms with Gasteiger partial charge in [0, 0.05) is 58.3 Å². The summed E-state index contributed by atoms with van der Waals surface area (Å²) in [4.78, 5) is 0. The minimum Gasteiger partial charge on any atom is -0.436 e. The molecule has 0 aromatic rings. The maximum absolute atomic E-state index is 13.3. The van der Waals surface area contributed by atoms with Gasteiger partial charge < -0.3 is 63.6 Å². The first kappa shape index (κ1) is 156. The number of nitrogens with one attached hydrogen (secondary N) is 2. The van der Waals surface area contributed by atoms with E-state index in [2.05, 4.69) is 43.7 Å². The first-order chi connectivity index (χ1) is 59.5. The van der Waals surface area contributed by atoms with Crippen LogP contribution in [0, 0.1) is 0 Å². The lowest BCUT2D eigenvalue weighted by atomic mass is 10.4. The molecule has 0 aliphatic heterocycles. The number of halogens is 29. The third-order valence-electron chi connectivity index (χ3n) is 15.6. The maximum Gasteiger partial charge on any atom is 0.500 e. The van der Waals surface area contributed by atoms with Crippen molar-refractivity contribution in [3.05, 3.63) is 12.4 Å². The SMILES string of the molecule is CC=CF.CCCF.CCCF.CCCF.CCCNCCC[Si](C)(C)O[Si](C)(CCC(F)(F)F)O[Si](C)(C)CCCNCF.CCF.CCO[Si](C)(CC[Si](C)(C)O[Si](C)(CCC(F)(F)F)O[Si](C)(C)CC[Si](OCC)(OCC)OCC)OCC.C[Si](C)(CCCN)O[Si](C)(CCC(F)(F)F)O[Si](C)(C)CCCN.FCC(F)(F)F.FCC(F)(F)F.FCC(F)(F)F.FCF. The molecule has 0 aliphatic rings. The Morgan fingerprint density at radius 2 is 0.489 bits per heavy atom. The molecule has 808 valence electrons. The maximum atomic E-state index is 13.3. The average molecular weight is 2180 g/mol. The number of alkyl halides is 28. The molecule has 2 atom stereocenters. The van der Waals surface area contributed by atoms with E-state index in [1.165, 1.54) is 13.0 Å². The second-order valence-electron chi connectivity index (χ2n) is 32.9. The van der Waals surface area contributed by atoms with Crippen molar-refractivity contribution in [2.75, 3.05) is 126 Å². The lowest BCUT2D eigenvalue weighted by molar-refractivity contribution is -0.142. The molecule has 55 heteroatoms. The van der Waals surface area contributed by atoms with E-state index in [1.54, 1.807) is 40.8 Å². The fourth-order valence-electron chi connectivity index (χ4n) is 10.8. The molecule has 131 heavy (non-hydrogen) atoms. The standard InChI is InChI=1S/C23H55F3O7Si5.C18H42F4N2O2Si3.C14H35F3N2O2Si3.3C3H7F.C3H5F.3C2H2F4.C2H5F.CH2F2/c1-12-27-36(10,28-13-2)21-19-34(6,7)32-37(11,18-17-23(24,25)26)33-35(8,9)20-22-38(29-14-3,30-15-4)31-16-5;1-7-11-23-12-8-14-27(2,3)25-29(6,16-10-18(20,21)22)26-28(4,5)15-9-13-24-17-19;1-22(2,11-6-9-18)20-24(5,13-8-14(15,16)17)21-23(3,4)12-7-10-19;4*1-2-3-4;3*3-1-2(4,5)6;1-2-3;2-1-3/h12-22H2,1-11H3;23-24H,7-17H2,1-6H3;6-13,18-19H2,1-5H3;3*2-3H2,1H3;2-3H,1H3;3*1H2;2H2,1H3;1H2. The van der Waals surface area contributed by atoms with Crippen LogP contribution in [0.15, 0.2) is 12.4 Å². The summed E-state index contributed by atoms with van der Waals surface area (Å²) in [7, 11) is -27.8. The zero-order valence-corrected chi connectivity index (χ0v) is 94.3.